The molecule has 0 spiro atoms. The number of esters is 1. The normalized spacial score (nSPS) is 16.3. The Kier molecular flexibility index (Phi) is 12.8. The van der Waals surface area contributed by atoms with E-state index in [0.29, 0.717) is 32.5 Å². The van der Waals surface area contributed by atoms with Crippen LogP contribution in [0, 0.1) is 11.3 Å². The van der Waals surface area contributed by atoms with Gasteiger partial charge in [-0.05, 0) is 42.2 Å². The first-order valence-electron chi connectivity index (χ1n) is 15.6. The van der Waals surface area contributed by atoms with Gasteiger partial charge in [-0.2, -0.15) is 0 Å². The van der Waals surface area contributed by atoms with E-state index >= 15 is 0 Å². The van der Waals surface area contributed by atoms with Crippen LogP contribution in [0.25, 0.3) is 0 Å². The molecule has 8 heteroatoms. The molecule has 2 aromatic carbocycles. The van der Waals surface area contributed by atoms with Crippen LogP contribution in [-0.2, 0) is 36.9 Å². The Hall–Kier alpha value is -3.68. The minimum atomic E-state index is -0.664. The summed E-state index contributed by atoms with van der Waals surface area (Å²) in [4.78, 5) is 56.3. The van der Waals surface area contributed by atoms with Gasteiger partial charge in [-0.25, -0.2) is 0 Å². The second-order valence-corrected chi connectivity index (χ2v) is 12.7. The van der Waals surface area contributed by atoms with Crippen LogP contribution in [0.4, 0.5) is 0 Å². The molecule has 3 atom stereocenters. The monoisotopic (exact) mass is 591 g/mol. The third-order valence-corrected chi connectivity index (χ3v) is 8.20. The number of hydrogen-bond acceptors (Lipinski definition) is 5. The lowest BCUT2D eigenvalue weighted by atomic mass is 9.85. The van der Waals surface area contributed by atoms with E-state index in [1.165, 1.54) is 0 Å². The number of ether oxygens (including phenoxy) is 1. The molecule has 0 bridgehead atoms. The van der Waals surface area contributed by atoms with E-state index in [0.717, 1.165) is 24.0 Å². The van der Waals surface area contributed by atoms with Crippen LogP contribution in [0.3, 0.4) is 0 Å². The van der Waals surface area contributed by atoms with Crippen LogP contribution in [0.2, 0.25) is 0 Å². The molecule has 1 saturated heterocycles. The van der Waals surface area contributed by atoms with Crippen molar-refractivity contribution in [1.82, 2.24) is 15.1 Å². The van der Waals surface area contributed by atoms with Crippen LogP contribution in [0.1, 0.15) is 77.8 Å². The van der Waals surface area contributed by atoms with E-state index in [1.54, 1.807) is 4.90 Å². The SMILES string of the molecule is CC[C@@H](C)C(=O)N[C@H](C(=O)N1CCC[C@H]1CN(CCc1ccccc1)C(=O)CCC(=O)OCc1ccccc1)C(C)(C)C. The predicted octanol–water partition coefficient (Wildman–Crippen LogP) is 5.15. The van der Waals surface area contributed by atoms with Gasteiger partial charge >= 0.3 is 5.97 Å². The maximum absolute atomic E-state index is 13.9. The Bertz CT molecular complexity index is 1190. The van der Waals surface area contributed by atoms with Crippen LogP contribution in [0.5, 0.6) is 0 Å². The molecule has 2 aromatic rings. The predicted molar refractivity (Wildman–Crippen MR) is 168 cm³/mol. The number of rotatable bonds is 14. The highest BCUT2D eigenvalue weighted by Gasteiger charge is 2.40. The first-order valence-corrected chi connectivity index (χ1v) is 15.6. The van der Waals surface area contributed by atoms with E-state index in [4.69, 9.17) is 4.74 Å². The fraction of sp³-hybridized carbons (Fsp3) is 0.543. The van der Waals surface area contributed by atoms with Gasteiger partial charge in [-0.3, -0.25) is 19.2 Å². The molecule has 1 fully saturated rings. The van der Waals surface area contributed by atoms with E-state index in [-0.39, 0.29) is 49.1 Å². The lowest BCUT2D eigenvalue weighted by molar-refractivity contribution is -0.147. The molecule has 1 N–H and O–H groups in total. The number of benzene rings is 2. The number of hydrogen-bond donors (Lipinski definition) is 1. The molecule has 3 rings (SSSR count). The lowest BCUT2D eigenvalue weighted by Gasteiger charge is -2.37. The van der Waals surface area contributed by atoms with Crippen molar-refractivity contribution in [2.45, 2.75) is 91.8 Å². The third-order valence-electron chi connectivity index (χ3n) is 8.20. The summed E-state index contributed by atoms with van der Waals surface area (Å²) in [6, 6.07) is 18.6. The molecular formula is C35H49N3O5. The first-order chi connectivity index (χ1) is 20.5. The number of likely N-dealkylation sites (tertiary alicyclic amines) is 1. The maximum Gasteiger partial charge on any atom is 0.306 e. The summed E-state index contributed by atoms with van der Waals surface area (Å²) >= 11 is 0. The van der Waals surface area contributed by atoms with Crippen molar-refractivity contribution >= 4 is 23.7 Å². The number of nitrogens with one attached hydrogen (secondary N) is 1. The molecular weight excluding hydrogens is 542 g/mol. The number of nitrogens with zero attached hydrogens (tertiary/aromatic N) is 2. The minimum Gasteiger partial charge on any atom is -0.461 e. The molecule has 1 heterocycles. The fourth-order valence-corrected chi connectivity index (χ4v) is 5.26. The molecule has 0 unspecified atom stereocenters. The first kappa shape index (κ1) is 33.8. The van der Waals surface area contributed by atoms with Crippen molar-refractivity contribution in [2.75, 3.05) is 19.6 Å². The van der Waals surface area contributed by atoms with Crippen molar-refractivity contribution in [3.05, 3.63) is 71.8 Å². The van der Waals surface area contributed by atoms with Gasteiger partial charge in [-0.1, -0.05) is 95.3 Å². The topological polar surface area (TPSA) is 96.0 Å². The minimum absolute atomic E-state index is 0.00540. The van der Waals surface area contributed by atoms with Crippen molar-refractivity contribution < 1.29 is 23.9 Å². The van der Waals surface area contributed by atoms with Crippen LogP contribution >= 0.6 is 0 Å². The molecule has 8 nitrogen and oxygen atoms in total. The van der Waals surface area contributed by atoms with Crippen LogP contribution in [-0.4, -0.2) is 65.2 Å². The van der Waals surface area contributed by atoms with E-state index in [2.05, 4.69) is 5.32 Å². The number of carbonyl (C=O) groups excluding carboxylic acids is 4. The maximum atomic E-state index is 13.9. The van der Waals surface area contributed by atoms with E-state index in [1.807, 2.05) is 100 Å². The van der Waals surface area contributed by atoms with Crippen LogP contribution in [0.15, 0.2) is 60.7 Å². The fourth-order valence-electron chi connectivity index (χ4n) is 5.26. The summed E-state index contributed by atoms with van der Waals surface area (Å²) in [7, 11) is 0. The molecule has 0 radical (unpaired) electrons. The summed E-state index contributed by atoms with van der Waals surface area (Å²) in [6.07, 6.45) is 3.01. The highest BCUT2D eigenvalue weighted by Crippen LogP contribution is 2.27. The molecule has 1 aliphatic heterocycles. The molecule has 0 aromatic heterocycles. The third kappa shape index (κ3) is 10.5. The Morgan fingerprint density at radius 1 is 0.977 bits per heavy atom. The number of carbonyl (C=O) groups is 4. The van der Waals surface area contributed by atoms with Crippen molar-refractivity contribution in [3.8, 4) is 0 Å². The van der Waals surface area contributed by atoms with Crippen molar-refractivity contribution in [1.29, 1.82) is 0 Å². The average molecular weight is 592 g/mol. The molecule has 43 heavy (non-hydrogen) atoms. The van der Waals surface area contributed by atoms with Gasteiger partial charge in [0.1, 0.15) is 12.6 Å². The van der Waals surface area contributed by atoms with Gasteiger partial charge in [0.25, 0.3) is 0 Å². The van der Waals surface area contributed by atoms with Gasteiger partial charge in [0.15, 0.2) is 0 Å². The quantitative estimate of drug-likeness (QED) is 0.307. The van der Waals surface area contributed by atoms with Gasteiger partial charge < -0.3 is 19.9 Å². The molecule has 3 amide bonds. The second-order valence-electron chi connectivity index (χ2n) is 12.7. The zero-order valence-corrected chi connectivity index (χ0v) is 26.5. The molecule has 0 saturated carbocycles. The van der Waals surface area contributed by atoms with E-state index in [9.17, 15) is 19.2 Å². The zero-order valence-electron chi connectivity index (χ0n) is 26.5. The highest BCUT2D eigenvalue weighted by atomic mass is 16.5. The van der Waals surface area contributed by atoms with Crippen LogP contribution < -0.4 is 5.32 Å². The Balaban J connectivity index is 1.69. The molecule has 0 aliphatic carbocycles. The van der Waals surface area contributed by atoms with Crippen molar-refractivity contribution in [2.24, 2.45) is 11.3 Å². The second kappa shape index (κ2) is 16.2. The Labute approximate surface area is 257 Å². The van der Waals surface area contributed by atoms with Gasteiger partial charge in [0.05, 0.1) is 6.42 Å². The zero-order chi connectivity index (χ0) is 31.4. The Morgan fingerprint density at radius 3 is 2.21 bits per heavy atom. The average Bonchev–Trinajstić information content (AvgIpc) is 3.47. The lowest BCUT2D eigenvalue weighted by Crippen LogP contribution is -2.57. The molecule has 234 valence electrons. The summed E-state index contributed by atoms with van der Waals surface area (Å²) in [5, 5.41) is 3.02. The summed E-state index contributed by atoms with van der Waals surface area (Å²) in [5.41, 5.74) is 1.53. The molecule has 1 aliphatic rings. The standard InChI is InChI=1S/C35H49N3O5/c1-6-26(2)33(41)36-32(35(3,4)5)34(42)38-22-13-18-29(38)24-37(23-21-27-14-9-7-10-15-27)30(39)19-20-31(40)43-25-28-16-11-8-12-17-28/h7-12,14-17,26,29,32H,6,13,18-25H2,1-5H3,(H,36,41)/t26-,29+,32-/m1/s1. The smallest absolute Gasteiger partial charge is 0.306 e. The number of amides is 3. The highest BCUT2D eigenvalue weighted by molar-refractivity contribution is 5.89. The van der Waals surface area contributed by atoms with E-state index < -0.39 is 17.4 Å². The largest absolute Gasteiger partial charge is 0.461 e. The summed E-state index contributed by atoms with van der Waals surface area (Å²) in [5.74, 6) is -0.957. The summed E-state index contributed by atoms with van der Waals surface area (Å²) in [6.45, 7) is 11.3. The van der Waals surface area contributed by atoms with Gasteiger partial charge in [-0.15, -0.1) is 0 Å². The van der Waals surface area contributed by atoms with Gasteiger partial charge in [0, 0.05) is 38.0 Å². The van der Waals surface area contributed by atoms with Crippen molar-refractivity contribution in [3.63, 3.8) is 0 Å². The Morgan fingerprint density at radius 2 is 1.60 bits per heavy atom. The summed E-state index contributed by atoms with van der Waals surface area (Å²) < 4.78 is 5.39. The van der Waals surface area contributed by atoms with Gasteiger partial charge in [0.2, 0.25) is 17.7 Å².